The average molecular weight is 302 g/mol. The van der Waals surface area contributed by atoms with Crippen LogP contribution in [-0.4, -0.2) is 52.2 Å². The van der Waals surface area contributed by atoms with Gasteiger partial charge in [0.2, 0.25) is 0 Å². The first-order valence-electron chi connectivity index (χ1n) is 7.59. The number of amides is 1. The number of hydrogen-bond acceptors (Lipinski definition) is 4. The SMILES string of the molecule is CC(C)(C)OC(=O)N1CCN(c2cnc3ccccn23)CC1. The predicted octanol–water partition coefficient (Wildman–Crippen LogP) is 2.39. The molecule has 0 spiro atoms. The molecule has 0 unspecified atom stereocenters. The van der Waals surface area contributed by atoms with Crippen molar-refractivity contribution < 1.29 is 9.53 Å². The lowest BCUT2D eigenvalue weighted by molar-refractivity contribution is 0.0240. The molecular formula is C16H22N4O2. The third kappa shape index (κ3) is 3.00. The van der Waals surface area contributed by atoms with E-state index < -0.39 is 5.60 Å². The number of carbonyl (C=O) groups is 1. The molecule has 0 saturated carbocycles. The zero-order chi connectivity index (χ0) is 15.7. The zero-order valence-electron chi connectivity index (χ0n) is 13.3. The summed E-state index contributed by atoms with van der Waals surface area (Å²) in [5.41, 5.74) is 0.489. The fourth-order valence-electron chi connectivity index (χ4n) is 2.60. The summed E-state index contributed by atoms with van der Waals surface area (Å²) in [5.74, 6) is 1.07. The highest BCUT2D eigenvalue weighted by Gasteiger charge is 2.26. The van der Waals surface area contributed by atoms with Gasteiger partial charge in [-0.2, -0.15) is 0 Å². The van der Waals surface area contributed by atoms with Crippen molar-refractivity contribution >= 4 is 17.6 Å². The van der Waals surface area contributed by atoms with Crippen molar-refractivity contribution in [2.24, 2.45) is 0 Å². The van der Waals surface area contributed by atoms with Gasteiger partial charge >= 0.3 is 6.09 Å². The summed E-state index contributed by atoms with van der Waals surface area (Å²) in [6.07, 6.45) is 3.67. The highest BCUT2D eigenvalue weighted by Crippen LogP contribution is 2.19. The number of fused-ring (bicyclic) bond motifs is 1. The Morgan fingerprint density at radius 1 is 1.18 bits per heavy atom. The first-order chi connectivity index (χ1) is 10.4. The molecule has 3 rings (SSSR count). The van der Waals surface area contributed by atoms with Crippen LogP contribution in [0.4, 0.5) is 10.6 Å². The van der Waals surface area contributed by atoms with Gasteiger partial charge in [0.05, 0.1) is 6.20 Å². The maximum Gasteiger partial charge on any atom is 0.410 e. The molecule has 0 aliphatic carbocycles. The van der Waals surface area contributed by atoms with Gasteiger partial charge in [-0.3, -0.25) is 4.40 Å². The van der Waals surface area contributed by atoms with Gasteiger partial charge in [-0.05, 0) is 32.9 Å². The number of aromatic nitrogens is 2. The van der Waals surface area contributed by atoms with Gasteiger partial charge in [0.15, 0.2) is 0 Å². The number of carbonyl (C=O) groups excluding carboxylic acids is 1. The zero-order valence-corrected chi connectivity index (χ0v) is 13.3. The number of anilines is 1. The molecule has 1 aliphatic heterocycles. The molecule has 22 heavy (non-hydrogen) atoms. The van der Waals surface area contributed by atoms with Crippen molar-refractivity contribution in [3.05, 3.63) is 30.6 Å². The van der Waals surface area contributed by atoms with Crippen LogP contribution in [0.1, 0.15) is 20.8 Å². The van der Waals surface area contributed by atoms with Gasteiger partial charge in [-0.15, -0.1) is 0 Å². The summed E-state index contributed by atoms with van der Waals surface area (Å²) in [5, 5.41) is 0. The molecule has 0 bridgehead atoms. The van der Waals surface area contributed by atoms with Crippen molar-refractivity contribution in [2.45, 2.75) is 26.4 Å². The Bertz CT molecular complexity index is 666. The molecule has 0 atom stereocenters. The fraction of sp³-hybridized carbons (Fsp3) is 0.500. The van der Waals surface area contributed by atoms with E-state index in [0.29, 0.717) is 13.1 Å². The number of hydrogen-bond donors (Lipinski definition) is 0. The molecule has 3 heterocycles. The van der Waals surface area contributed by atoms with Gasteiger partial charge in [0.1, 0.15) is 17.1 Å². The topological polar surface area (TPSA) is 50.1 Å². The Morgan fingerprint density at radius 2 is 1.91 bits per heavy atom. The van der Waals surface area contributed by atoms with Gasteiger partial charge in [-0.25, -0.2) is 9.78 Å². The fourth-order valence-corrected chi connectivity index (χ4v) is 2.60. The van der Waals surface area contributed by atoms with E-state index in [1.54, 1.807) is 4.90 Å². The molecule has 1 amide bonds. The van der Waals surface area contributed by atoms with Crippen molar-refractivity contribution in [3.8, 4) is 0 Å². The van der Waals surface area contributed by atoms with Gasteiger partial charge in [-0.1, -0.05) is 6.07 Å². The second-order valence-electron chi connectivity index (χ2n) is 6.50. The summed E-state index contributed by atoms with van der Waals surface area (Å²) in [7, 11) is 0. The van der Waals surface area contributed by atoms with Gasteiger partial charge in [0.25, 0.3) is 0 Å². The maximum absolute atomic E-state index is 12.1. The van der Waals surface area contributed by atoms with E-state index in [9.17, 15) is 4.79 Å². The van der Waals surface area contributed by atoms with Crippen molar-refractivity contribution in [2.75, 3.05) is 31.1 Å². The highest BCUT2D eigenvalue weighted by atomic mass is 16.6. The van der Waals surface area contributed by atoms with Crippen LogP contribution >= 0.6 is 0 Å². The molecule has 2 aromatic heterocycles. The lowest BCUT2D eigenvalue weighted by Crippen LogP contribution is -2.50. The minimum Gasteiger partial charge on any atom is -0.444 e. The number of piperazine rings is 1. The molecule has 2 aromatic rings. The van der Waals surface area contributed by atoms with E-state index in [2.05, 4.69) is 14.3 Å². The van der Waals surface area contributed by atoms with E-state index in [1.165, 1.54) is 0 Å². The van der Waals surface area contributed by atoms with Crippen LogP contribution in [0.15, 0.2) is 30.6 Å². The highest BCUT2D eigenvalue weighted by molar-refractivity contribution is 5.68. The largest absolute Gasteiger partial charge is 0.444 e. The lowest BCUT2D eigenvalue weighted by atomic mass is 10.2. The molecule has 0 N–H and O–H groups in total. The van der Waals surface area contributed by atoms with E-state index in [1.807, 2.05) is 51.4 Å². The van der Waals surface area contributed by atoms with Crippen LogP contribution in [0, 0.1) is 0 Å². The first kappa shape index (κ1) is 14.7. The summed E-state index contributed by atoms with van der Waals surface area (Å²) in [4.78, 5) is 20.5. The smallest absolute Gasteiger partial charge is 0.410 e. The molecule has 0 aromatic carbocycles. The third-order valence-corrected chi connectivity index (χ3v) is 3.65. The van der Waals surface area contributed by atoms with Crippen LogP contribution in [0.3, 0.4) is 0 Å². The average Bonchev–Trinajstić information content (AvgIpc) is 2.89. The van der Waals surface area contributed by atoms with Crippen LogP contribution in [0.5, 0.6) is 0 Å². The van der Waals surface area contributed by atoms with Crippen LogP contribution < -0.4 is 4.90 Å². The van der Waals surface area contributed by atoms with E-state index >= 15 is 0 Å². The monoisotopic (exact) mass is 302 g/mol. The molecule has 1 aliphatic rings. The number of rotatable bonds is 1. The Morgan fingerprint density at radius 3 is 2.59 bits per heavy atom. The molecule has 6 nitrogen and oxygen atoms in total. The molecule has 1 saturated heterocycles. The van der Waals surface area contributed by atoms with E-state index in [-0.39, 0.29) is 6.09 Å². The Kier molecular flexibility index (Phi) is 3.68. The minimum absolute atomic E-state index is 0.231. The van der Waals surface area contributed by atoms with Crippen LogP contribution in [0.2, 0.25) is 0 Å². The minimum atomic E-state index is -0.449. The molecule has 0 radical (unpaired) electrons. The predicted molar refractivity (Wildman–Crippen MR) is 85.2 cm³/mol. The summed E-state index contributed by atoms with van der Waals surface area (Å²) in [6, 6.07) is 5.96. The number of nitrogens with zero attached hydrogens (tertiary/aromatic N) is 4. The second kappa shape index (κ2) is 5.51. The van der Waals surface area contributed by atoms with Crippen molar-refractivity contribution in [3.63, 3.8) is 0 Å². The summed E-state index contributed by atoms with van der Waals surface area (Å²) >= 11 is 0. The Labute approximate surface area is 130 Å². The molecule has 1 fully saturated rings. The number of ether oxygens (including phenoxy) is 1. The molecule has 118 valence electrons. The number of imidazole rings is 1. The Hall–Kier alpha value is -2.24. The lowest BCUT2D eigenvalue weighted by Gasteiger charge is -2.36. The van der Waals surface area contributed by atoms with Crippen molar-refractivity contribution in [1.29, 1.82) is 0 Å². The third-order valence-electron chi connectivity index (χ3n) is 3.65. The van der Waals surface area contributed by atoms with E-state index in [4.69, 9.17) is 4.74 Å². The second-order valence-corrected chi connectivity index (χ2v) is 6.50. The molecular weight excluding hydrogens is 280 g/mol. The molecule has 6 heteroatoms. The normalized spacial score (nSPS) is 16.1. The van der Waals surface area contributed by atoms with Gasteiger partial charge in [0, 0.05) is 32.4 Å². The van der Waals surface area contributed by atoms with Crippen molar-refractivity contribution in [1.82, 2.24) is 14.3 Å². The number of pyridine rings is 1. The van der Waals surface area contributed by atoms with E-state index in [0.717, 1.165) is 24.6 Å². The van der Waals surface area contributed by atoms with Crippen LogP contribution in [0.25, 0.3) is 5.65 Å². The standard InChI is InChI=1S/C16H22N4O2/c1-16(2,3)22-15(21)19-10-8-18(9-11-19)14-12-17-13-6-4-5-7-20(13)14/h4-7,12H,8-11H2,1-3H3. The quantitative estimate of drug-likeness (QED) is 0.811. The van der Waals surface area contributed by atoms with Crippen LogP contribution in [-0.2, 0) is 4.74 Å². The Balaban J connectivity index is 1.66. The first-order valence-corrected chi connectivity index (χ1v) is 7.59. The summed E-state index contributed by atoms with van der Waals surface area (Å²) < 4.78 is 7.50. The van der Waals surface area contributed by atoms with Gasteiger partial charge < -0.3 is 14.5 Å². The summed E-state index contributed by atoms with van der Waals surface area (Å²) in [6.45, 7) is 8.55. The maximum atomic E-state index is 12.1.